The molecule has 25 heavy (non-hydrogen) atoms. The number of aliphatic hydroxyl groups excluding tert-OH is 2. The predicted octanol–water partition coefficient (Wildman–Crippen LogP) is 2.10. The van der Waals surface area contributed by atoms with Crippen LogP contribution in [0.1, 0.15) is 25.3 Å². The third-order valence-corrected chi connectivity index (χ3v) is 4.22. The summed E-state index contributed by atoms with van der Waals surface area (Å²) in [7, 11) is 0. The molecule has 6 heteroatoms. The maximum atomic E-state index is 12.4. The number of benzene rings is 1. The van der Waals surface area contributed by atoms with Gasteiger partial charge in [-0.25, -0.2) is 4.79 Å². The first-order chi connectivity index (χ1) is 12.1. The number of carbonyl (C=O) groups excluding carboxylic acids is 1. The van der Waals surface area contributed by atoms with Crippen LogP contribution >= 0.6 is 0 Å². The molecule has 138 valence electrons. The number of carbonyl (C=O) groups is 1. The van der Waals surface area contributed by atoms with Crippen molar-refractivity contribution in [2.45, 2.75) is 50.8 Å². The number of ether oxygens (including phenoxy) is 2. The van der Waals surface area contributed by atoms with Crippen LogP contribution in [0.3, 0.4) is 0 Å². The zero-order chi connectivity index (χ0) is 18.2. The van der Waals surface area contributed by atoms with Gasteiger partial charge in [0.05, 0.1) is 12.6 Å². The summed E-state index contributed by atoms with van der Waals surface area (Å²) in [5.74, 6) is 0. The van der Waals surface area contributed by atoms with Crippen LogP contribution in [0.15, 0.2) is 43.0 Å². The number of amides is 1. The number of aliphatic hydroxyl groups is 2. The van der Waals surface area contributed by atoms with Crippen LogP contribution in [-0.4, -0.2) is 58.7 Å². The number of rotatable bonds is 8. The van der Waals surface area contributed by atoms with Gasteiger partial charge in [-0.2, -0.15) is 0 Å². The summed E-state index contributed by atoms with van der Waals surface area (Å²) in [6.45, 7) is 6.43. The van der Waals surface area contributed by atoms with E-state index in [9.17, 15) is 15.0 Å². The lowest BCUT2D eigenvalue weighted by molar-refractivity contribution is -0.0109. The molecule has 1 aromatic carbocycles. The molecule has 6 nitrogen and oxygen atoms in total. The number of hydrogen-bond donors (Lipinski definition) is 2. The van der Waals surface area contributed by atoms with Crippen LogP contribution in [0.25, 0.3) is 0 Å². The largest absolute Gasteiger partial charge is 0.445 e. The average molecular weight is 349 g/mol. The molecule has 0 unspecified atom stereocenters. The average Bonchev–Trinajstić information content (AvgIpc) is 2.88. The zero-order valence-electron chi connectivity index (χ0n) is 14.6. The first kappa shape index (κ1) is 19.4. The van der Waals surface area contributed by atoms with Crippen molar-refractivity contribution in [1.29, 1.82) is 0 Å². The smallest absolute Gasteiger partial charge is 0.410 e. The Labute approximate surface area is 148 Å². The Bertz CT molecular complexity index is 550. The fourth-order valence-electron chi connectivity index (χ4n) is 2.89. The van der Waals surface area contributed by atoms with Gasteiger partial charge < -0.3 is 24.6 Å². The fourth-order valence-corrected chi connectivity index (χ4v) is 2.89. The lowest BCUT2D eigenvalue weighted by Gasteiger charge is -2.26. The van der Waals surface area contributed by atoms with Crippen molar-refractivity contribution in [3.05, 3.63) is 48.6 Å². The van der Waals surface area contributed by atoms with Crippen LogP contribution in [0.2, 0.25) is 0 Å². The monoisotopic (exact) mass is 349 g/mol. The zero-order valence-corrected chi connectivity index (χ0v) is 14.6. The normalized spacial score (nSPS) is 25.6. The molecule has 4 atom stereocenters. The summed E-state index contributed by atoms with van der Waals surface area (Å²) in [5.41, 5.74) is 0.908. The van der Waals surface area contributed by atoms with Gasteiger partial charge in [0.25, 0.3) is 0 Å². The molecule has 1 fully saturated rings. The van der Waals surface area contributed by atoms with E-state index in [4.69, 9.17) is 9.47 Å². The highest BCUT2D eigenvalue weighted by molar-refractivity contribution is 5.67. The number of hydrogen-bond acceptors (Lipinski definition) is 5. The van der Waals surface area contributed by atoms with Crippen LogP contribution in [-0.2, 0) is 16.1 Å². The van der Waals surface area contributed by atoms with Gasteiger partial charge in [0.2, 0.25) is 0 Å². The van der Waals surface area contributed by atoms with Gasteiger partial charge in [-0.1, -0.05) is 43.3 Å². The molecule has 0 saturated carbocycles. The fraction of sp³-hybridized carbons (Fsp3) is 0.526. The Kier molecular flexibility index (Phi) is 7.43. The lowest BCUT2D eigenvalue weighted by atomic mass is 10.1. The quantitative estimate of drug-likeness (QED) is 0.703. The standard InChI is InChI=1S/C19H27NO5/c1-3-8-15-17(21)18(22)16(25-15)12-20(11-4-2)19(23)24-13-14-9-6-5-7-10-14/h3,5-7,9-10,15-18,21-22H,1,4,8,11-13H2,2H3/t15-,16-,17+,18-/m1/s1. The number of nitrogens with zero attached hydrogens (tertiary/aromatic N) is 1. The summed E-state index contributed by atoms with van der Waals surface area (Å²) in [6, 6.07) is 9.45. The van der Waals surface area contributed by atoms with Crippen molar-refractivity contribution < 1.29 is 24.5 Å². The molecule has 2 rings (SSSR count). The topological polar surface area (TPSA) is 79.2 Å². The van der Waals surface area contributed by atoms with Crippen molar-refractivity contribution in [3.63, 3.8) is 0 Å². The van der Waals surface area contributed by atoms with Crippen LogP contribution < -0.4 is 0 Å². The van der Waals surface area contributed by atoms with Gasteiger partial charge >= 0.3 is 6.09 Å². The molecule has 0 aromatic heterocycles. The van der Waals surface area contributed by atoms with E-state index in [1.165, 1.54) is 4.90 Å². The predicted molar refractivity (Wildman–Crippen MR) is 94.0 cm³/mol. The molecule has 1 aromatic rings. The summed E-state index contributed by atoms with van der Waals surface area (Å²) < 4.78 is 11.1. The SMILES string of the molecule is C=CC[C@H]1O[C@H](CN(CCC)C(=O)OCc2ccccc2)[C@@H](O)[C@H]1O. The highest BCUT2D eigenvalue weighted by atomic mass is 16.6. The molecule has 2 N–H and O–H groups in total. The second-order valence-electron chi connectivity index (χ2n) is 6.20. The molecule has 0 aliphatic carbocycles. The van der Waals surface area contributed by atoms with E-state index in [0.29, 0.717) is 13.0 Å². The van der Waals surface area contributed by atoms with Crippen LogP contribution in [0.4, 0.5) is 4.79 Å². The summed E-state index contributed by atoms with van der Waals surface area (Å²) >= 11 is 0. The first-order valence-corrected chi connectivity index (χ1v) is 8.65. The maximum Gasteiger partial charge on any atom is 0.410 e. The maximum absolute atomic E-state index is 12.4. The van der Waals surface area contributed by atoms with Crippen LogP contribution in [0.5, 0.6) is 0 Å². The van der Waals surface area contributed by atoms with Gasteiger partial charge in [-0.3, -0.25) is 0 Å². The summed E-state index contributed by atoms with van der Waals surface area (Å²) in [4.78, 5) is 13.9. The summed E-state index contributed by atoms with van der Waals surface area (Å²) in [6.07, 6.45) is -0.776. The highest BCUT2D eigenvalue weighted by Crippen LogP contribution is 2.25. The van der Waals surface area contributed by atoms with E-state index in [-0.39, 0.29) is 13.2 Å². The molecule has 1 aliphatic heterocycles. The minimum Gasteiger partial charge on any atom is -0.445 e. The van der Waals surface area contributed by atoms with Crippen molar-refractivity contribution in [3.8, 4) is 0 Å². The third kappa shape index (κ3) is 5.29. The van der Waals surface area contributed by atoms with E-state index in [1.54, 1.807) is 6.08 Å². The molecule has 0 bridgehead atoms. The van der Waals surface area contributed by atoms with E-state index < -0.39 is 30.5 Å². The minimum atomic E-state index is -1.04. The van der Waals surface area contributed by atoms with Gasteiger partial charge in [0.1, 0.15) is 24.9 Å². The van der Waals surface area contributed by atoms with E-state index >= 15 is 0 Å². The van der Waals surface area contributed by atoms with Crippen LogP contribution in [0, 0.1) is 0 Å². The first-order valence-electron chi connectivity index (χ1n) is 8.65. The second kappa shape index (κ2) is 9.56. The molecule has 1 aliphatic rings. The Morgan fingerprint density at radius 2 is 1.96 bits per heavy atom. The van der Waals surface area contributed by atoms with E-state index in [2.05, 4.69) is 6.58 Å². The molecule has 1 heterocycles. The lowest BCUT2D eigenvalue weighted by Crippen LogP contribution is -2.43. The van der Waals surface area contributed by atoms with Crippen molar-refractivity contribution >= 4 is 6.09 Å². The molecule has 1 amide bonds. The molecular formula is C19H27NO5. The molecule has 1 saturated heterocycles. The second-order valence-corrected chi connectivity index (χ2v) is 6.20. The van der Waals surface area contributed by atoms with Gasteiger partial charge in [0, 0.05) is 6.54 Å². The van der Waals surface area contributed by atoms with Gasteiger partial charge in [-0.05, 0) is 18.4 Å². The van der Waals surface area contributed by atoms with Gasteiger partial charge in [-0.15, -0.1) is 6.58 Å². The highest BCUT2D eigenvalue weighted by Gasteiger charge is 2.43. The Hall–Kier alpha value is -1.89. The van der Waals surface area contributed by atoms with Crippen molar-refractivity contribution in [1.82, 2.24) is 4.90 Å². The van der Waals surface area contributed by atoms with Gasteiger partial charge in [0.15, 0.2) is 0 Å². The van der Waals surface area contributed by atoms with E-state index in [1.807, 2.05) is 37.3 Å². The Morgan fingerprint density at radius 3 is 2.60 bits per heavy atom. The third-order valence-electron chi connectivity index (χ3n) is 4.22. The molecular weight excluding hydrogens is 322 g/mol. The Balaban J connectivity index is 1.93. The molecule has 0 spiro atoms. The molecule has 0 radical (unpaired) electrons. The van der Waals surface area contributed by atoms with E-state index in [0.717, 1.165) is 12.0 Å². The van der Waals surface area contributed by atoms with Crippen molar-refractivity contribution in [2.75, 3.05) is 13.1 Å². The summed E-state index contributed by atoms with van der Waals surface area (Å²) in [5, 5.41) is 20.2. The minimum absolute atomic E-state index is 0.174. The Morgan fingerprint density at radius 1 is 1.28 bits per heavy atom. The van der Waals surface area contributed by atoms with Crippen molar-refractivity contribution in [2.24, 2.45) is 0 Å².